The van der Waals surface area contributed by atoms with Gasteiger partial charge in [0, 0.05) is 35.8 Å². The van der Waals surface area contributed by atoms with E-state index in [2.05, 4.69) is 11.1 Å². The molecule has 194 valence electrons. The van der Waals surface area contributed by atoms with Gasteiger partial charge in [-0.3, -0.25) is 19.4 Å². The highest BCUT2D eigenvalue weighted by Gasteiger charge is 2.36. The van der Waals surface area contributed by atoms with Crippen LogP contribution in [0.4, 0.5) is 10.6 Å². The lowest BCUT2D eigenvalue weighted by molar-refractivity contribution is 0.0629. The lowest BCUT2D eigenvalue weighted by Crippen LogP contribution is -2.45. The molecule has 9 nitrogen and oxygen atoms in total. The average Bonchev–Trinajstić information content (AvgIpc) is 3.10. The predicted molar refractivity (Wildman–Crippen MR) is 140 cm³/mol. The van der Waals surface area contributed by atoms with E-state index in [1.54, 1.807) is 63.2 Å². The second kappa shape index (κ2) is 10.5. The monoisotopic (exact) mass is 532 g/mol. The van der Waals surface area contributed by atoms with Crippen molar-refractivity contribution in [2.24, 2.45) is 0 Å². The maximum atomic E-state index is 12.9. The molecular weight excluding hydrogens is 508 g/mol. The number of carbonyl (C=O) groups excluding carboxylic acids is 2. The highest BCUT2D eigenvalue weighted by atomic mass is 35.5. The summed E-state index contributed by atoms with van der Waals surface area (Å²) < 4.78 is 6.24. The molecule has 0 radical (unpaired) electrons. The number of rotatable bonds is 7. The molecule has 2 heterocycles. The molecule has 38 heavy (non-hydrogen) atoms. The Morgan fingerprint density at radius 1 is 1.13 bits per heavy atom. The van der Waals surface area contributed by atoms with Gasteiger partial charge in [-0.05, 0) is 62.7 Å². The number of fused-ring (bicyclic) bond motifs is 1. The number of nitriles is 1. The fraction of sp³-hybridized carbons (Fsp3) is 0.250. The minimum absolute atomic E-state index is 0.0268. The highest BCUT2D eigenvalue weighted by Crippen LogP contribution is 2.33. The first-order chi connectivity index (χ1) is 18.0. The molecule has 1 aliphatic rings. The summed E-state index contributed by atoms with van der Waals surface area (Å²) in [5, 5.41) is 19.8. The van der Waals surface area contributed by atoms with E-state index < -0.39 is 29.6 Å². The molecule has 0 fully saturated rings. The van der Waals surface area contributed by atoms with Crippen molar-refractivity contribution in [1.82, 2.24) is 9.88 Å². The quantitative estimate of drug-likeness (QED) is 0.387. The molecule has 0 aliphatic carbocycles. The van der Waals surface area contributed by atoms with Crippen molar-refractivity contribution in [1.29, 1.82) is 5.26 Å². The number of hydrogen-bond donors (Lipinski definition) is 1. The third-order valence-electron chi connectivity index (χ3n) is 6.06. The van der Waals surface area contributed by atoms with Gasteiger partial charge in [0.15, 0.2) is 0 Å². The van der Waals surface area contributed by atoms with Gasteiger partial charge in [-0.2, -0.15) is 5.26 Å². The van der Waals surface area contributed by atoms with Crippen LogP contribution in [0.25, 0.3) is 0 Å². The topological polar surface area (TPSA) is 124 Å². The van der Waals surface area contributed by atoms with Crippen LogP contribution in [0.15, 0.2) is 60.8 Å². The number of halogens is 1. The second-order valence-corrected chi connectivity index (χ2v) is 10.1. The minimum Gasteiger partial charge on any atom is -0.484 e. The number of nitrogens with zero attached hydrogens (tertiary/aromatic N) is 4. The van der Waals surface area contributed by atoms with Gasteiger partial charge in [-0.25, -0.2) is 9.78 Å². The van der Waals surface area contributed by atoms with Crippen LogP contribution in [-0.2, 0) is 0 Å². The van der Waals surface area contributed by atoms with E-state index in [0.29, 0.717) is 21.7 Å². The van der Waals surface area contributed by atoms with Crippen LogP contribution in [0.3, 0.4) is 0 Å². The molecule has 10 heteroatoms. The van der Waals surface area contributed by atoms with Crippen molar-refractivity contribution in [3.8, 4) is 11.8 Å². The van der Waals surface area contributed by atoms with Crippen molar-refractivity contribution < 1.29 is 24.2 Å². The number of carbonyl (C=O) groups is 3. The van der Waals surface area contributed by atoms with Gasteiger partial charge in [-0.15, -0.1) is 0 Å². The van der Waals surface area contributed by atoms with Crippen molar-refractivity contribution >= 4 is 35.3 Å². The number of pyridine rings is 1. The molecule has 3 amide bonds. The Morgan fingerprint density at radius 3 is 2.37 bits per heavy atom. The molecule has 0 saturated heterocycles. The van der Waals surface area contributed by atoms with Crippen LogP contribution >= 0.6 is 11.6 Å². The van der Waals surface area contributed by atoms with Crippen molar-refractivity contribution in [3.63, 3.8) is 0 Å². The summed E-state index contributed by atoms with van der Waals surface area (Å²) in [7, 11) is 0. The molecule has 1 aliphatic heterocycles. The third-order valence-corrected chi connectivity index (χ3v) is 6.29. The number of hydrogen-bond acceptors (Lipinski definition) is 6. The Morgan fingerprint density at radius 2 is 1.79 bits per heavy atom. The van der Waals surface area contributed by atoms with E-state index in [-0.39, 0.29) is 30.1 Å². The number of aromatic nitrogens is 1. The van der Waals surface area contributed by atoms with Crippen LogP contribution in [0.5, 0.6) is 5.75 Å². The van der Waals surface area contributed by atoms with Crippen molar-refractivity contribution in [2.45, 2.75) is 38.8 Å². The maximum absolute atomic E-state index is 12.9. The Kier molecular flexibility index (Phi) is 7.37. The van der Waals surface area contributed by atoms with Gasteiger partial charge in [0.05, 0.1) is 16.7 Å². The number of imide groups is 1. The standard InChI is InChI=1S/C28H25ClN4O5/c1-28(2,3)33(27(36)37)24-14-17(10-12-31-24)22(38-23-15-19(29)9-8-18(23)16-30)11-13-32-25(34)20-6-4-5-7-21(20)26(32)35/h4-10,12,14-15,22H,11,13H2,1-3H3,(H,36,37). The van der Waals surface area contributed by atoms with E-state index in [0.717, 1.165) is 9.80 Å². The molecule has 0 spiro atoms. The van der Waals surface area contributed by atoms with E-state index in [4.69, 9.17) is 16.3 Å². The Balaban J connectivity index is 1.70. The first-order valence-corrected chi connectivity index (χ1v) is 12.2. The zero-order chi connectivity index (χ0) is 27.6. The third kappa shape index (κ3) is 5.31. The summed E-state index contributed by atoms with van der Waals surface area (Å²) >= 11 is 6.16. The van der Waals surface area contributed by atoms with E-state index in [9.17, 15) is 24.8 Å². The Labute approximate surface area is 224 Å². The Hall–Kier alpha value is -4.42. The number of benzene rings is 2. The van der Waals surface area contributed by atoms with Gasteiger partial charge in [0.1, 0.15) is 23.7 Å². The minimum atomic E-state index is -1.17. The van der Waals surface area contributed by atoms with Crippen LogP contribution in [0.2, 0.25) is 5.02 Å². The summed E-state index contributed by atoms with van der Waals surface area (Å²) in [6.45, 7) is 5.27. The zero-order valence-electron chi connectivity index (χ0n) is 21.0. The first kappa shape index (κ1) is 26.6. The fourth-order valence-corrected chi connectivity index (χ4v) is 4.47. The molecule has 1 N–H and O–H groups in total. The molecule has 1 unspecified atom stereocenters. The second-order valence-electron chi connectivity index (χ2n) is 9.69. The Bertz CT molecular complexity index is 1430. The van der Waals surface area contributed by atoms with E-state index in [1.165, 1.54) is 18.3 Å². The molecule has 0 bridgehead atoms. The smallest absolute Gasteiger partial charge is 0.413 e. The van der Waals surface area contributed by atoms with Gasteiger partial charge < -0.3 is 9.84 Å². The molecule has 4 rings (SSSR count). The molecular formula is C28H25ClN4O5. The SMILES string of the molecule is CC(C)(C)N(C(=O)O)c1cc(C(CCN2C(=O)c3ccccc3C2=O)Oc2cc(Cl)ccc2C#N)ccn1. The molecule has 1 aromatic heterocycles. The number of amides is 3. The summed E-state index contributed by atoms with van der Waals surface area (Å²) in [4.78, 5) is 44.4. The van der Waals surface area contributed by atoms with Crippen LogP contribution in [-0.4, -0.2) is 45.0 Å². The van der Waals surface area contributed by atoms with E-state index >= 15 is 0 Å². The maximum Gasteiger partial charge on any atom is 0.413 e. The van der Waals surface area contributed by atoms with Crippen molar-refractivity contribution in [2.75, 3.05) is 11.4 Å². The lowest BCUT2D eigenvalue weighted by atomic mass is 10.0. The summed E-state index contributed by atoms with van der Waals surface area (Å²) in [6, 6.07) is 16.5. The lowest BCUT2D eigenvalue weighted by Gasteiger charge is -2.32. The summed E-state index contributed by atoms with van der Waals surface area (Å²) in [6.07, 6.45) is -0.322. The van der Waals surface area contributed by atoms with E-state index in [1.807, 2.05) is 0 Å². The number of carboxylic acid groups (broad SMARTS) is 1. The fourth-order valence-electron chi connectivity index (χ4n) is 4.31. The summed E-state index contributed by atoms with van der Waals surface area (Å²) in [5.41, 5.74) is 0.687. The zero-order valence-corrected chi connectivity index (χ0v) is 21.8. The predicted octanol–water partition coefficient (Wildman–Crippen LogP) is 5.70. The first-order valence-electron chi connectivity index (χ1n) is 11.8. The van der Waals surface area contributed by atoms with Crippen LogP contribution < -0.4 is 9.64 Å². The average molecular weight is 533 g/mol. The molecule has 3 aromatic rings. The van der Waals surface area contributed by atoms with Gasteiger partial charge in [0.25, 0.3) is 11.8 Å². The normalized spacial score (nSPS) is 13.6. The van der Waals surface area contributed by atoms with Crippen LogP contribution in [0, 0.1) is 11.3 Å². The molecule has 2 aromatic carbocycles. The van der Waals surface area contributed by atoms with Gasteiger partial charge in [0.2, 0.25) is 0 Å². The largest absolute Gasteiger partial charge is 0.484 e. The molecule has 1 atom stereocenters. The number of ether oxygens (including phenoxy) is 1. The van der Waals surface area contributed by atoms with Gasteiger partial charge >= 0.3 is 6.09 Å². The summed E-state index contributed by atoms with van der Waals surface area (Å²) in [5.74, 6) is -0.393. The van der Waals surface area contributed by atoms with Crippen LogP contribution in [0.1, 0.15) is 65.1 Å². The van der Waals surface area contributed by atoms with Crippen molar-refractivity contribution in [3.05, 3.63) is 88.1 Å². The number of anilines is 1. The highest BCUT2D eigenvalue weighted by molar-refractivity contribution is 6.30. The molecule has 0 saturated carbocycles. The van der Waals surface area contributed by atoms with Gasteiger partial charge in [-0.1, -0.05) is 23.7 Å².